The van der Waals surface area contributed by atoms with Gasteiger partial charge in [-0.25, -0.2) is 8.42 Å². The molecule has 1 amide bonds. The first-order chi connectivity index (χ1) is 12.7. The van der Waals surface area contributed by atoms with Crippen molar-refractivity contribution < 1.29 is 18.0 Å². The maximum Gasteiger partial charge on any atom is 0.243 e. The molecular formula is C20H24N2O4S. The summed E-state index contributed by atoms with van der Waals surface area (Å²) in [7, 11) is -3.88. The molecule has 144 valence electrons. The molecule has 0 bridgehead atoms. The molecule has 2 rings (SSSR count). The van der Waals surface area contributed by atoms with Crippen molar-refractivity contribution in [1.82, 2.24) is 4.31 Å². The number of hydrogen-bond acceptors (Lipinski definition) is 4. The Morgan fingerprint density at radius 3 is 2.07 bits per heavy atom. The molecule has 0 unspecified atom stereocenters. The number of Topliss-reactive ketones (excluding diaryl/α,β-unsaturated/α-hetero) is 1. The normalized spacial score (nSPS) is 12.6. The Morgan fingerprint density at radius 1 is 1.04 bits per heavy atom. The highest BCUT2D eigenvalue weighted by molar-refractivity contribution is 7.89. The molecule has 0 aliphatic rings. The van der Waals surface area contributed by atoms with Crippen LogP contribution in [0, 0.1) is 6.92 Å². The van der Waals surface area contributed by atoms with Crippen LogP contribution in [0.15, 0.2) is 53.4 Å². The van der Waals surface area contributed by atoms with Crippen molar-refractivity contribution in [2.45, 2.75) is 38.6 Å². The Morgan fingerprint density at radius 2 is 1.59 bits per heavy atom. The first-order valence-corrected chi connectivity index (χ1v) is 10.1. The van der Waals surface area contributed by atoms with E-state index < -0.39 is 22.0 Å². The molecule has 7 heteroatoms. The van der Waals surface area contributed by atoms with Crippen LogP contribution in [0.25, 0.3) is 0 Å². The van der Waals surface area contributed by atoms with Gasteiger partial charge in [-0.15, -0.1) is 0 Å². The zero-order valence-corrected chi connectivity index (χ0v) is 16.7. The van der Waals surface area contributed by atoms with Crippen molar-refractivity contribution in [3.63, 3.8) is 0 Å². The SMILES string of the molecule is CCN([C@H](C)C(=O)Nc1ccc(C)cc1)S(=O)(=O)c1ccc(C(C)=O)cc1. The van der Waals surface area contributed by atoms with Gasteiger partial charge in [-0.05, 0) is 45.0 Å². The van der Waals surface area contributed by atoms with Gasteiger partial charge in [0.05, 0.1) is 4.90 Å². The zero-order chi connectivity index (χ0) is 20.2. The summed E-state index contributed by atoms with van der Waals surface area (Å²) >= 11 is 0. The number of benzene rings is 2. The van der Waals surface area contributed by atoms with Gasteiger partial charge in [0.1, 0.15) is 6.04 Å². The van der Waals surface area contributed by atoms with Crippen molar-refractivity contribution in [2.24, 2.45) is 0 Å². The van der Waals surface area contributed by atoms with Crippen molar-refractivity contribution in [3.05, 3.63) is 59.7 Å². The minimum absolute atomic E-state index is 0.0457. The number of carbonyl (C=O) groups excluding carboxylic acids is 2. The Hall–Kier alpha value is -2.51. The third-order valence-electron chi connectivity index (χ3n) is 4.31. The number of hydrogen-bond donors (Lipinski definition) is 1. The quantitative estimate of drug-likeness (QED) is 0.738. The Labute approximate surface area is 160 Å². The van der Waals surface area contributed by atoms with Crippen LogP contribution in [0.2, 0.25) is 0 Å². The summed E-state index contributed by atoms with van der Waals surface area (Å²) in [6, 6.07) is 12.1. The molecule has 2 aromatic carbocycles. The minimum Gasteiger partial charge on any atom is -0.325 e. The highest BCUT2D eigenvalue weighted by Crippen LogP contribution is 2.20. The molecule has 0 spiro atoms. The number of nitrogens with one attached hydrogen (secondary N) is 1. The van der Waals surface area contributed by atoms with Gasteiger partial charge in [-0.2, -0.15) is 4.31 Å². The lowest BCUT2D eigenvalue weighted by Gasteiger charge is -2.26. The molecule has 0 saturated carbocycles. The minimum atomic E-state index is -3.88. The number of anilines is 1. The fourth-order valence-corrected chi connectivity index (χ4v) is 4.27. The number of amides is 1. The van der Waals surface area contributed by atoms with Gasteiger partial charge >= 0.3 is 0 Å². The molecule has 2 aromatic rings. The molecule has 0 heterocycles. The van der Waals surface area contributed by atoms with Gasteiger partial charge in [-0.1, -0.05) is 36.8 Å². The van der Waals surface area contributed by atoms with Crippen LogP contribution in [0.5, 0.6) is 0 Å². The van der Waals surface area contributed by atoms with Crippen LogP contribution in [-0.4, -0.2) is 37.0 Å². The number of nitrogens with zero attached hydrogens (tertiary/aromatic N) is 1. The van der Waals surface area contributed by atoms with E-state index in [0.29, 0.717) is 11.3 Å². The second kappa shape index (κ2) is 8.45. The van der Waals surface area contributed by atoms with Crippen LogP contribution in [0.4, 0.5) is 5.69 Å². The molecule has 0 aliphatic carbocycles. The van der Waals surface area contributed by atoms with Crippen molar-refractivity contribution in [3.8, 4) is 0 Å². The average molecular weight is 388 g/mol. The third-order valence-corrected chi connectivity index (χ3v) is 6.37. The van der Waals surface area contributed by atoms with E-state index in [9.17, 15) is 18.0 Å². The number of rotatable bonds is 7. The summed E-state index contributed by atoms with van der Waals surface area (Å²) in [6.45, 7) is 6.72. The topological polar surface area (TPSA) is 83.6 Å². The predicted molar refractivity (Wildman–Crippen MR) is 105 cm³/mol. The van der Waals surface area contributed by atoms with Crippen LogP contribution < -0.4 is 5.32 Å². The van der Waals surface area contributed by atoms with Gasteiger partial charge in [0, 0.05) is 17.8 Å². The predicted octanol–water partition coefficient (Wildman–Crippen LogP) is 3.24. The summed E-state index contributed by atoms with van der Waals surface area (Å²) in [5, 5.41) is 2.74. The first-order valence-electron chi connectivity index (χ1n) is 8.67. The van der Waals surface area contributed by atoms with Gasteiger partial charge in [0.15, 0.2) is 5.78 Å². The van der Waals surface area contributed by atoms with E-state index in [2.05, 4.69) is 5.32 Å². The lowest BCUT2D eigenvalue weighted by atomic mass is 10.2. The van der Waals surface area contributed by atoms with Crippen LogP contribution in [0.3, 0.4) is 0 Å². The number of carbonyl (C=O) groups is 2. The molecule has 0 fully saturated rings. The molecule has 1 N–H and O–H groups in total. The molecule has 0 aliphatic heterocycles. The lowest BCUT2D eigenvalue weighted by molar-refractivity contribution is -0.119. The maximum absolute atomic E-state index is 12.9. The lowest BCUT2D eigenvalue weighted by Crippen LogP contribution is -2.45. The third kappa shape index (κ3) is 4.81. The Bertz CT molecular complexity index is 919. The highest BCUT2D eigenvalue weighted by atomic mass is 32.2. The summed E-state index contributed by atoms with van der Waals surface area (Å²) in [4.78, 5) is 24.0. The van der Waals surface area contributed by atoms with E-state index in [0.717, 1.165) is 9.87 Å². The monoisotopic (exact) mass is 388 g/mol. The van der Waals surface area contributed by atoms with Crippen LogP contribution in [0.1, 0.15) is 36.7 Å². The number of ketones is 1. The average Bonchev–Trinajstić information content (AvgIpc) is 2.63. The number of aryl methyl sites for hydroxylation is 1. The molecular weight excluding hydrogens is 364 g/mol. The van der Waals surface area contributed by atoms with Crippen molar-refractivity contribution >= 4 is 27.4 Å². The Kier molecular flexibility index (Phi) is 6.51. The molecule has 27 heavy (non-hydrogen) atoms. The molecule has 0 radical (unpaired) electrons. The van der Waals surface area contributed by atoms with Crippen LogP contribution >= 0.6 is 0 Å². The van der Waals surface area contributed by atoms with Crippen LogP contribution in [-0.2, 0) is 14.8 Å². The molecule has 0 aromatic heterocycles. The van der Waals surface area contributed by atoms with Gasteiger partial charge in [0.2, 0.25) is 15.9 Å². The van der Waals surface area contributed by atoms with E-state index in [-0.39, 0.29) is 17.2 Å². The van der Waals surface area contributed by atoms with E-state index >= 15 is 0 Å². The number of likely N-dealkylation sites (N-methyl/N-ethyl adjacent to an activating group) is 1. The first kappa shape index (κ1) is 20.8. The number of sulfonamides is 1. The largest absolute Gasteiger partial charge is 0.325 e. The maximum atomic E-state index is 12.9. The molecule has 0 saturated heterocycles. The molecule has 1 atom stereocenters. The van der Waals surface area contributed by atoms with Gasteiger partial charge in [-0.3, -0.25) is 9.59 Å². The van der Waals surface area contributed by atoms with Gasteiger partial charge in [0.25, 0.3) is 0 Å². The fraction of sp³-hybridized carbons (Fsp3) is 0.300. The zero-order valence-electron chi connectivity index (χ0n) is 15.9. The van der Waals surface area contributed by atoms with E-state index in [1.165, 1.54) is 31.2 Å². The van der Waals surface area contributed by atoms with E-state index in [1.54, 1.807) is 26.0 Å². The Balaban J connectivity index is 2.23. The van der Waals surface area contributed by atoms with E-state index in [4.69, 9.17) is 0 Å². The van der Waals surface area contributed by atoms with Crippen molar-refractivity contribution in [2.75, 3.05) is 11.9 Å². The summed E-state index contributed by atoms with van der Waals surface area (Å²) in [5.74, 6) is -0.554. The fourth-order valence-electron chi connectivity index (χ4n) is 2.66. The smallest absolute Gasteiger partial charge is 0.243 e. The second-order valence-electron chi connectivity index (χ2n) is 6.32. The standard InChI is InChI=1S/C20H24N2O4S/c1-5-22(15(3)20(24)21-18-10-6-14(2)7-11-18)27(25,26)19-12-8-17(9-13-19)16(4)23/h6-13,15H,5H2,1-4H3,(H,21,24)/t15-/m1/s1. The summed E-state index contributed by atoms with van der Waals surface area (Å²) in [5.41, 5.74) is 2.10. The highest BCUT2D eigenvalue weighted by Gasteiger charge is 2.31. The van der Waals surface area contributed by atoms with Crippen molar-refractivity contribution in [1.29, 1.82) is 0 Å². The second-order valence-corrected chi connectivity index (χ2v) is 8.21. The van der Waals surface area contributed by atoms with E-state index in [1.807, 2.05) is 19.1 Å². The summed E-state index contributed by atoms with van der Waals surface area (Å²) < 4.78 is 27.0. The molecule has 6 nitrogen and oxygen atoms in total. The van der Waals surface area contributed by atoms with Gasteiger partial charge < -0.3 is 5.32 Å². The summed E-state index contributed by atoms with van der Waals surface area (Å²) in [6.07, 6.45) is 0.